The molecule has 1 aromatic rings. The van der Waals surface area contributed by atoms with Gasteiger partial charge in [0.25, 0.3) is 5.91 Å². The van der Waals surface area contributed by atoms with Crippen molar-refractivity contribution in [1.82, 2.24) is 10.2 Å². The van der Waals surface area contributed by atoms with Crippen molar-refractivity contribution in [1.29, 1.82) is 0 Å². The lowest BCUT2D eigenvalue weighted by Gasteiger charge is -2.32. The number of carbonyl (C=O) groups excluding carboxylic acids is 2. The van der Waals surface area contributed by atoms with E-state index in [-0.39, 0.29) is 17.9 Å². The fraction of sp³-hybridized carbons (Fsp3) is 0.529. The van der Waals surface area contributed by atoms with Gasteiger partial charge in [0.2, 0.25) is 5.91 Å². The molecule has 0 bridgehead atoms. The van der Waals surface area contributed by atoms with Crippen LogP contribution in [0.15, 0.2) is 24.3 Å². The van der Waals surface area contributed by atoms with Crippen LogP contribution in [0.4, 0.5) is 5.69 Å². The van der Waals surface area contributed by atoms with Gasteiger partial charge in [0.15, 0.2) is 0 Å². The zero-order chi connectivity index (χ0) is 15.5. The predicted molar refractivity (Wildman–Crippen MR) is 85.8 cm³/mol. The quantitative estimate of drug-likeness (QED) is 0.897. The van der Waals surface area contributed by atoms with Crippen molar-refractivity contribution in [3.8, 4) is 0 Å². The standard InChI is InChI=1S/C17H23N3O2/c1-12(21)18-14-6-4-5-13(11-14)17(22)19-15-8-10-20-9-3-2-7-16(15)20/h4-6,11,15-16H,2-3,7-10H2,1H3,(H,18,21)(H,19,22)/t15-,16-/m1/s1. The van der Waals surface area contributed by atoms with Crippen LogP contribution in [0, 0.1) is 0 Å². The summed E-state index contributed by atoms with van der Waals surface area (Å²) in [6, 6.07) is 7.84. The highest BCUT2D eigenvalue weighted by Crippen LogP contribution is 2.27. The molecule has 0 spiro atoms. The summed E-state index contributed by atoms with van der Waals surface area (Å²) in [4.78, 5) is 26.1. The molecule has 0 radical (unpaired) electrons. The lowest BCUT2D eigenvalue weighted by atomic mass is 9.99. The third-order valence-electron chi connectivity index (χ3n) is 4.62. The first-order valence-corrected chi connectivity index (χ1v) is 8.06. The third kappa shape index (κ3) is 3.30. The van der Waals surface area contributed by atoms with E-state index in [2.05, 4.69) is 15.5 Å². The number of nitrogens with one attached hydrogen (secondary N) is 2. The summed E-state index contributed by atoms with van der Waals surface area (Å²) in [5, 5.41) is 5.89. The Morgan fingerprint density at radius 2 is 2.05 bits per heavy atom. The van der Waals surface area contributed by atoms with Gasteiger partial charge in [0, 0.05) is 36.8 Å². The van der Waals surface area contributed by atoms with Gasteiger partial charge < -0.3 is 10.6 Å². The Hall–Kier alpha value is -1.88. The molecule has 0 unspecified atom stereocenters. The lowest BCUT2D eigenvalue weighted by molar-refractivity contribution is -0.114. The zero-order valence-corrected chi connectivity index (χ0v) is 13.0. The number of fused-ring (bicyclic) bond motifs is 1. The molecule has 2 aliphatic heterocycles. The Morgan fingerprint density at radius 3 is 2.86 bits per heavy atom. The van der Waals surface area contributed by atoms with Crippen molar-refractivity contribution in [2.45, 2.75) is 44.7 Å². The maximum Gasteiger partial charge on any atom is 0.251 e. The molecule has 0 aliphatic carbocycles. The second-order valence-corrected chi connectivity index (χ2v) is 6.23. The number of carbonyl (C=O) groups is 2. The van der Waals surface area contributed by atoms with Gasteiger partial charge in [0.1, 0.15) is 0 Å². The molecule has 2 fully saturated rings. The summed E-state index contributed by atoms with van der Waals surface area (Å²) in [6.45, 7) is 3.71. The molecule has 2 aliphatic rings. The molecular weight excluding hydrogens is 278 g/mol. The lowest BCUT2D eigenvalue weighted by Crippen LogP contribution is -2.46. The van der Waals surface area contributed by atoms with E-state index in [0.29, 0.717) is 17.3 Å². The first-order chi connectivity index (χ1) is 10.6. The van der Waals surface area contributed by atoms with Gasteiger partial charge in [0.05, 0.1) is 0 Å². The average molecular weight is 301 g/mol. The van der Waals surface area contributed by atoms with Crippen LogP contribution in [0.1, 0.15) is 43.0 Å². The zero-order valence-electron chi connectivity index (χ0n) is 13.0. The Bertz CT molecular complexity index is 573. The molecule has 22 heavy (non-hydrogen) atoms. The number of amides is 2. The van der Waals surface area contributed by atoms with Crippen LogP contribution in [0.5, 0.6) is 0 Å². The van der Waals surface area contributed by atoms with Gasteiger partial charge in [-0.25, -0.2) is 0 Å². The first-order valence-electron chi connectivity index (χ1n) is 8.06. The van der Waals surface area contributed by atoms with Crippen LogP contribution in [0.25, 0.3) is 0 Å². The number of piperidine rings is 1. The highest BCUT2D eigenvalue weighted by molar-refractivity contribution is 5.97. The SMILES string of the molecule is CC(=O)Nc1cccc(C(=O)N[C@@H]2CCN3CCCC[C@H]23)c1. The molecule has 118 valence electrons. The van der Waals surface area contributed by atoms with Gasteiger partial charge in [-0.2, -0.15) is 0 Å². The maximum atomic E-state index is 12.5. The molecule has 2 saturated heterocycles. The van der Waals surface area contributed by atoms with E-state index in [1.165, 1.54) is 26.2 Å². The fourth-order valence-electron chi connectivity index (χ4n) is 3.61. The van der Waals surface area contributed by atoms with E-state index in [1.807, 2.05) is 0 Å². The van der Waals surface area contributed by atoms with Crippen LogP contribution in [0.3, 0.4) is 0 Å². The predicted octanol–water partition coefficient (Wildman–Crippen LogP) is 2.00. The molecule has 5 heteroatoms. The summed E-state index contributed by atoms with van der Waals surface area (Å²) in [5.74, 6) is -0.184. The van der Waals surface area contributed by atoms with E-state index in [1.54, 1.807) is 24.3 Å². The van der Waals surface area contributed by atoms with Crippen LogP contribution in [-0.4, -0.2) is 41.9 Å². The van der Waals surface area contributed by atoms with Crippen molar-refractivity contribution in [3.05, 3.63) is 29.8 Å². The highest BCUT2D eigenvalue weighted by atomic mass is 16.2. The van der Waals surface area contributed by atoms with Crippen molar-refractivity contribution < 1.29 is 9.59 Å². The van der Waals surface area contributed by atoms with Crippen LogP contribution in [-0.2, 0) is 4.79 Å². The minimum Gasteiger partial charge on any atom is -0.348 e. The minimum absolute atomic E-state index is 0.0513. The number of benzene rings is 1. The van der Waals surface area contributed by atoms with E-state index < -0.39 is 0 Å². The Balaban J connectivity index is 1.65. The normalized spacial score (nSPS) is 24.6. The fourth-order valence-corrected chi connectivity index (χ4v) is 3.61. The Kier molecular flexibility index (Phi) is 4.43. The van der Waals surface area contributed by atoms with Gasteiger partial charge >= 0.3 is 0 Å². The van der Waals surface area contributed by atoms with Crippen molar-refractivity contribution in [2.75, 3.05) is 18.4 Å². The second kappa shape index (κ2) is 6.48. The number of rotatable bonds is 3. The third-order valence-corrected chi connectivity index (χ3v) is 4.62. The minimum atomic E-state index is -0.133. The van der Waals surface area contributed by atoms with Crippen LogP contribution >= 0.6 is 0 Å². The monoisotopic (exact) mass is 301 g/mol. The topological polar surface area (TPSA) is 61.4 Å². The second-order valence-electron chi connectivity index (χ2n) is 6.23. The molecule has 2 amide bonds. The molecule has 0 saturated carbocycles. The molecule has 2 atom stereocenters. The van der Waals surface area contributed by atoms with Crippen molar-refractivity contribution >= 4 is 17.5 Å². The first kappa shape index (κ1) is 15.0. The number of anilines is 1. The van der Waals surface area contributed by atoms with Gasteiger partial charge in [-0.15, -0.1) is 0 Å². The number of hydrogen-bond donors (Lipinski definition) is 2. The van der Waals surface area contributed by atoms with E-state index >= 15 is 0 Å². The van der Waals surface area contributed by atoms with E-state index in [9.17, 15) is 9.59 Å². The Labute approximate surface area is 131 Å². The smallest absolute Gasteiger partial charge is 0.251 e. The van der Waals surface area contributed by atoms with Crippen molar-refractivity contribution in [3.63, 3.8) is 0 Å². The summed E-state index contributed by atoms with van der Waals surface area (Å²) >= 11 is 0. The van der Waals surface area contributed by atoms with Crippen molar-refractivity contribution in [2.24, 2.45) is 0 Å². The summed E-state index contributed by atoms with van der Waals surface area (Å²) in [5.41, 5.74) is 1.26. The number of hydrogen-bond acceptors (Lipinski definition) is 3. The summed E-state index contributed by atoms with van der Waals surface area (Å²) in [7, 11) is 0. The summed E-state index contributed by atoms with van der Waals surface area (Å²) in [6.07, 6.45) is 4.74. The summed E-state index contributed by atoms with van der Waals surface area (Å²) < 4.78 is 0. The molecule has 5 nitrogen and oxygen atoms in total. The molecule has 0 aromatic heterocycles. The number of nitrogens with zero attached hydrogens (tertiary/aromatic N) is 1. The molecule has 2 N–H and O–H groups in total. The van der Waals surface area contributed by atoms with Gasteiger partial charge in [-0.1, -0.05) is 12.5 Å². The highest BCUT2D eigenvalue weighted by Gasteiger charge is 2.36. The molecule has 3 rings (SSSR count). The largest absolute Gasteiger partial charge is 0.348 e. The Morgan fingerprint density at radius 1 is 1.18 bits per heavy atom. The van der Waals surface area contributed by atoms with Gasteiger partial charge in [-0.05, 0) is 44.0 Å². The molecule has 1 aromatic carbocycles. The van der Waals surface area contributed by atoms with E-state index in [0.717, 1.165) is 19.5 Å². The molecule has 2 heterocycles. The maximum absolute atomic E-state index is 12.5. The average Bonchev–Trinajstić information content (AvgIpc) is 2.90. The van der Waals surface area contributed by atoms with Crippen LogP contribution in [0.2, 0.25) is 0 Å². The van der Waals surface area contributed by atoms with E-state index in [4.69, 9.17) is 0 Å². The van der Waals surface area contributed by atoms with Gasteiger partial charge in [-0.3, -0.25) is 14.5 Å². The van der Waals surface area contributed by atoms with Crippen LogP contribution < -0.4 is 10.6 Å². The molecular formula is C17H23N3O2.